The molecule has 24 heavy (non-hydrogen) atoms. The first-order chi connectivity index (χ1) is 11.5. The lowest BCUT2D eigenvalue weighted by molar-refractivity contribution is -0.275. The zero-order valence-corrected chi connectivity index (χ0v) is 17.5. The Morgan fingerprint density at radius 2 is 1.25 bits per heavy atom. The first-order valence-electron chi connectivity index (χ1n) is 10.4. The van der Waals surface area contributed by atoms with Gasteiger partial charge in [-0.15, -0.1) is 0 Å². The molecule has 0 rings (SSSR count). The van der Waals surface area contributed by atoms with Gasteiger partial charge in [-0.05, 0) is 32.6 Å². The molecule has 0 amide bonds. The molecule has 1 unspecified atom stereocenters. The number of hydrogen-bond donors (Lipinski definition) is 0. The second kappa shape index (κ2) is 13.9. The van der Waals surface area contributed by atoms with E-state index < -0.39 is 5.79 Å². The van der Waals surface area contributed by atoms with Gasteiger partial charge in [0.25, 0.3) is 0 Å². The molecule has 0 aliphatic carbocycles. The zero-order valence-electron chi connectivity index (χ0n) is 17.5. The van der Waals surface area contributed by atoms with Crippen LogP contribution in [0.5, 0.6) is 0 Å². The molecular formula is C22H44O2. The van der Waals surface area contributed by atoms with Crippen LogP contribution in [0.1, 0.15) is 106 Å². The van der Waals surface area contributed by atoms with Crippen LogP contribution in [0.3, 0.4) is 0 Å². The van der Waals surface area contributed by atoms with Crippen molar-refractivity contribution in [2.45, 2.75) is 112 Å². The maximum Gasteiger partial charge on any atom is 0.174 e. The Morgan fingerprint density at radius 3 is 1.75 bits per heavy atom. The predicted octanol–water partition coefficient (Wildman–Crippen LogP) is 7.28. The number of unbranched alkanes of at least 4 members (excludes halogenated alkanes) is 5. The van der Waals surface area contributed by atoms with E-state index in [1.807, 2.05) is 0 Å². The lowest BCUT2D eigenvalue weighted by atomic mass is 9.76. The fourth-order valence-electron chi connectivity index (χ4n) is 3.08. The van der Waals surface area contributed by atoms with Gasteiger partial charge < -0.3 is 9.47 Å². The van der Waals surface area contributed by atoms with E-state index in [1.54, 1.807) is 0 Å². The normalized spacial score (nSPS) is 15.1. The monoisotopic (exact) mass is 340 g/mol. The van der Waals surface area contributed by atoms with E-state index in [4.69, 9.17) is 9.47 Å². The fraction of sp³-hybridized carbons (Fsp3) is 0.909. The molecule has 0 aliphatic heterocycles. The summed E-state index contributed by atoms with van der Waals surface area (Å²) in [5.41, 5.74) is -0.0713. The van der Waals surface area contributed by atoms with Gasteiger partial charge in [0, 0.05) is 18.6 Å². The molecule has 144 valence electrons. The van der Waals surface area contributed by atoms with E-state index >= 15 is 0 Å². The van der Waals surface area contributed by atoms with Gasteiger partial charge in [0.2, 0.25) is 0 Å². The van der Waals surface area contributed by atoms with E-state index in [0.29, 0.717) is 0 Å². The summed E-state index contributed by atoms with van der Waals surface area (Å²) in [6, 6.07) is 0. The Labute approximate surface area is 152 Å². The third-order valence-corrected chi connectivity index (χ3v) is 4.97. The first-order valence-corrected chi connectivity index (χ1v) is 10.4. The summed E-state index contributed by atoms with van der Waals surface area (Å²) in [5, 5.41) is 0. The Balaban J connectivity index is 4.93. The van der Waals surface area contributed by atoms with Crippen molar-refractivity contribution < 1.29 is 9.47 Å². The van der Waals surface area contributed by atoms with Crippen molar-refractivity contribution in [1.29, 1.82) is 0 Å². The molecule has 0 heterocycles. The van der Waals surface area contributed by atoms with Crippen LogP contribution in [0.25, 0.3) is 0 Å². The molecule has 0 N–H and O–H groups in total. The third-order valence-electron chi connectivity index (χ3n) is 4.97. The van der Waals surface area contributed by atoms with Crippen LogP contribution in [-0.2, 0) is 9.47 Å². The molecule has 2 heteroatoms. The van der Waals surface area contributed by atoms with Crippen molar-refractivity contribution in [2.24, 2.45) is 5.41 Å². The smallest absolute Gasteiger partial charge is 0.174 e. The zero-order chi connectivity index (χ0) is 18.3. The van der Waals surface area contributed by atoms with Crippen molar-refractivity contribution in [3.63, 3.8) is 0 Å². The van der Waals surface area contributed by atoms with Crippen molar-refractivity contribution in [3.05, 3.63) is 12.2 Å². The van der Waals surface area contributed by atoms with Crippen LogP contribution in [-0.4, -0.2) is 19.0 Å². The molecule has 1 atom stereocenters. The van der Waals surface area contributed by atoms with E-state index in [9.17, 15) is 0 Å². The Morgan fingerprint density at radius 1 is 0.708 bits per heavy atom. The average molecular weight is 341 g/mol. The minimum atomic E-state index is -0.534. The lowest BCUT2D eigenvalue weighted by Gasteiger charge is -2.44. The number of rotatable bonds is 16. The quantitative estimate of drug-likeness (QED) is 0.167. The molecule has 0 aromatic carbocycles. The molecule has 0 fully saturated rings. The Hall–Kier alpha value is -0.340. The minimum Gasteiger partial charge on any atom is -0.349 e. The molecule has 0 aliphatic rings. The van der Waals surface area contributed by atoms with Gasteiger partial charge in [-0.3, -0.25) is 0 Å². The summed E-state index contributed by atoms with van der Waals surface area (Å²) in [7, 11) is 0. The SMILES string of the molecule is CCC=CC(C)(CCCCCCCC)C(C)(OCCC)OCCC. The highest BCUT2D eigenvalue weighted by Gasteiger charge is 2.44. The molecule has 2 nitrogen and oxygen atoms in total. The van der Waals surface area contributed by atoms with Crippen LogP contribution in [0.15, 0.2) is 12.2 Å². The second-order valence-electron chi connectivity index (χ2n) is 7.39. The average Bonchev–Trinajstić information content (AvgIpc) is 2.59. The van der Waals surface area contributed by atoms with E-state index in [1.165, 1.54) is 38.5 Å². The van der Waals surface area contributed by atoms with Crippen molar-refractivity contribution in [1.82, 2.24) is 0 Å². The molecular weight excluding hydrogens is 296 g/mol. The molecule has 0 bridgehead atoms. The summed E-state index contributed by atoms with van der Waals surface area (Å²) in [5.74, 6) is -0.534. The lowest BCUT2D eigenvalue weighted by Crippen LogP contribution is -2.48. The molecule has 0 saturated carbocycles. The summed E-state index contributed by atoms with van der Waals surface area (Å²) < 4.78 is 12.5. The van der Waals surface area contributed by atoms with E-state index in [2.05, 4.69) is 53.7 Å². The second-order valence-corrected chi connectivity index (χ2v) is 7.39. The fourth-order valence-corrected chi connectivity index (χ4v) is 3.08. The number of ether oxygens (including phenoxy) is 2. The Kier molecular flexibility index (Phi) is 13.7. The van der Waals surface area contributed by atoms with Crippen molar-refractivity contribution in [3.8, 4) is 0 Å². The minimum absolute atomic E-state index is 0.0713. The standard InChI is InChI=1S/C22H44O2/c1-7-11-13-14-15-16-18-21(5,17-12-8-2)22(6,23-19-9-3)24-20-10-4/h12,17H,7-11,13-16,18-20H2,1-6H3. The van der Waals surface area contributed by atoms with Gasteiger partial charge >= 0.3 is 0 Å². The molecule has 0 aromatic rings. The molecule has 0 spiro atoms. The van der Waals surface area contributed by atoms with Crippen molar-refractivity contribution in [2.75, 3.05) is 13.2 Å². The van der Waals surface area contributed by atoms with Crippen LogP contribution < -0.4 is 0 Å². The maximum absolute atomic E-state index is 6.27. The topological polar surface area (TPSA) is 18.5 Å². The van der Waals surface area contributed by atoms with E-state index in [-0.39, 0.29) is 5.41 Å². The number of hydrogen-bond acceptors (Lipinski definition) is 2. The summed E-state index contributed by atoms with van der Waals surface area (Å²) in [4.78, 5) is 0. The van der Waals surface area contributed by atoms with Crippen LogP contribution in [0.4, 0.5) is 0 Å². The highest BCUT2D eigenvalue weighted by molar-refractivity contribution is 5.04. The van der Waals surface area contributed by atoms with Gasteiger partial charge in [-0.25, -0.2) is 0 Å². The van der Waals surface area contributed by atoms with Crippen molar-refractivity contribution >= 4 is 0 Å². The highest BCUT2D eigenvalue weighted by atomic mass is 16.7. The molecule has 0 aromatic heterocycles. The maximum atomic E-state index is 6.27. The molecule has 0 saturated heterocycles. The largest absolute Gasteiger partial charge is 0.349 e. The number of allylic oxidation sites excluding steroid dienone is 1. The van der Waals surface area contributed by atoms with Gasteiger partial charge in [-0.2, -0.15) is 0 Å². The Bertz CT molecular complexity index is 303. The van der Waals surface area contributed by atoms with Crippen LogP contribution in [0.2, 0.25) is 0 Å². The first kappa shape index (κ1) is 23.7. The van der Waals surface area contributed by atoms with Crippen LogP contribution in [0, 0.1) is 5.41 Å². The van der Waals surface area contributed by atoms with Gasteiger partial charge in [0.1, 0.15) is 0 Å². The van der Waals surface area contributed by atoms with Gasteiger partial charge in [-0.1, -0.05) is 85.3 Å². The predicted molar refractivity (Wildman–Crippen MR) is 106 cm³/mol. The highest BCUT2D eigenvalue weighted by Crippen LogP contribution is 2.42. The summed E-state index contributed by atoms with van der Waals surface area (Å²) in [6.07, 6.45) is 16.8. The third kappa shape index (κ3) is 8.67. The van der Waals surface area contributed by atoms with Crippen LogP contribution >= 0.6 is 0 Å². The van der Waals surface area contributed by atoms with Gasteiger partial charge in [0.05, 0.1) is 0 Å². The van der Waals surface area contributed by atoms with Gasteiger partial charge in [0.15, 0.2) is 5.79 Å². The summed E-state index contributed by atoms with van der Waals surface area (Å²) in [6.45, 7) is 14.8. The van der Waals surface area contributed by atoms with E-state index in [0.717, 1.165) is 38.9 Å². The summed E-state index contributed by atoms with van der Waals surface area (Å²) >= 11 is 0. The molecule has 0 radical (unpaired) electrons.